The quantitative estimate of drug-likeness (QED) is 0.536. The number of hydrogen-bond acceptors (Lipinski definition) is 6. The number of aryl methyl sites for hydroxylation is 1. The fourth-order valence-corrected chi connectivity index (χ4v) is 4.57. The summed E-state index contributed by atoms with van der Waals surface area (Å²) in [6.07, 6.45) is 5.06. The molecule has 0 saturated heterocycles. The van der Waals surface area contributed by atoms with E-state index in [1.807, 2.05) is 13.0 Å². The summed E-state index contributed by atoms with van der Waals surface area (Å²) in [5, 5.41) is 6.20. The number of benzene rings is 1. The molecule has 0 bridgehead atoms. The Hall–Kier alpha value is -3.72. The lowest BCUT2D eigenvalue weighted by Crippen LogP contribution is -2.35. The van der Waals surface area contributed by atoms with Crippen molar-refractivity contribution in [2.45, 2.75) is 38.6 Å². The molecule has 36 heavy (non-hydrogen) atoms. The third-order valence-corrected chi connectivity index (χ3v) is 6.75. The highest BCUT2D eigenvalue weighted by atomic mass is 16.3. The molecule has 3 aromatic rings. The summed E-state index contributed by atoms with van der Waals surface area (Å²) in [5.41, 5.74) is 2.07. The van der Waals surface area contributed by atoms with E-state index >= 15 is 0 Å². The van der Waals surface area contributed by atoms with Gasteiger partial charge in [-0.3, -0.25) is 14.4 Å². The monoisotopic (exact) mass is 491 g/mol. The van der Waals surface area contributed by atoms with E-state index in [9.17, 15) is 14.4 Å². The molecule has 1 fully saturated rings. The molecule has 1 aromatic carbocycles. The van der Waals surface area contributed by atoms with Gasteiger partial charge in [-0.2, -0.15) is 0 Å². The van der Waals surface area contributed by atoms with Crippen LogP contribution < -0.4 is 10.6 Å². The Labute approximate surface area is 210 Å². The van der Waals surface area contributed by atoms with Crippen LogP contribution in [0.25, 0.3) is 11.0 Å². The van der Waals surface area contributed by atoms with Gasteiger partial charge in [-0.25, -0.2) is 4.98 Å². The second-order valence-electron chi connectivity index (χ2n) is 9.85. The zero-order valence-electron chi connectivity index (χ0n) is 21.4. The highest BCUT2D eigenvalue weighted by Gasteiger charge is 2.30. The maximum absolute atomic E-state index is 13.3. The van der Waals surface area contributed by atoms with Gasteiger partial charge in [0.2, 0.25) is 11.7 Å². The third-order valence-electron chi connectivity index (χ3n) is 6.75. The zero-order chi connectivity index (χ0) is 26.0. The van der Waals surface area contributed by atoms with E-state index < -0.39 is 5.91 Å². The minimum atomic E-state index is -0.533. The summed E-state index contributed by atoms with van der Waals surface area (Å²) in [6.45, 7) is 1.91. The molecule has 4 rings (SSSR count). The molecule has 0 unspecified atom stereocenters. The number of carbonyl (C=O) groups excluding carboxylic acids is 3. The highest BCUT2D eigenvalue weighted by Crippen LogP contribution is 2.34. The Bertz CT molecular complexity index is 1270. The van der Waals surface area contributed by atoms with Crippen LogP contribution in [0.1, 0.15) is 52.2 Å². The normalized spacial score (nSPS) is 17.7. The van der Waals surface area contributed by atoms with Crippen LogP contribution >= 0.6 is 0 Å². The molecule has 1 aliphatic carbocycles. The summed E-state index contributed by atoms with van der Waals surface area (Å²) in [7, 11) is 7.45. The van der Waals surface area contributed by atoms with E-state index in [1.165, 1.54) is 4.90 Å². The molecule has 0 spiro atoms. The number of anilines is 2. The number of amides is 3. The summed E-state index contributed by atoms with van der Waals surface area (Å²) < 4.78 is 5.90. The molecular weight excluding hydrogens is 458 g/mol. The lowest BCUT2D eigenvalue weighted by molar-refractivity contribution is -0.121. The van der Waals surface area contributed by atoms with Crippen LogP contribution in [0.15, 0.2) is 40.9 Å². The molecule has 0 atom stereocenters. The number of fused-ring (bicyclic) bond motifs is 1. The van der Waals surface area contributed by atoms with Gasteiger partial charge in [0.1, 0.15) is 17.1 Å². The van der Waals surface area contributed by atoms with Crippen LogP contribution in [0.2, 0.25) is 0 Å². The molecule has 1 aliphatic rings. The molecule has 9 heteroatoms. The van der Waals surface area contributed by atoms with E-state index in [0.717, 1.165) is 31.2 Å². The number of rotatable bonds is 6. The fraction of sp³-hybridized carbons (Fsp3) is 0.407. The standard InChI is InChI=1S/C27H33N5O4/c1-16-6-13-22(28-15-16)29-26(34)24-23(30-25(33)17-7-10-19(11-8-17)31(2)3)20-14-18(27(35)32(4)5)9-12-21(20)36-24/h6,9,12-15,17,19H,7-8,10-11H2,1-5H3,(H,30,33)(H,28,29,34)/t17-,19-. The van der Waals surface area contributed by atoms with Gasteiger partial charge in [0.15, 0.2) is 0 Å². The fourth-order valence-electron chi connectivity index (χ4n) is 4.57. The van der Waals surface area contributed by atoms with Crippen molar-refractivity contribution in [2.75, 3.05) is 38.8 Å². The molecule has 3 amide bonds. The SMILES string of the molecule is Cc1ccc(NC(=O)c2oc3ccc(C(=O)N(C)C)cc3c2NC(=O)[C@H]2CC[C@H](N(C)C)CC2)nc1. The Kier molecular flexibility index (Phi) is 7.40. The van der Waals surface area contributed by atoms with Crippen molar-refractivity contribution in [1.29, 1.82) is 0 Å². The van der Waals surface area contributed by atoms with E-state index in [1.54, 1.807) is 44.6 Å². The largest absolute Gasteiger partial charge is 0.449 e. The molecular formula is C27H33N5O4. The van der Waals surface area contributed by atoms with Crippen molar-refractivity contribution in [3.8, 4) is 0 Å². The van der Waals surface area contributed by atoms with Gasteiger partial charge in [0, 0.05) is 43.2 Å². The van der Waals surface area contributed by atoms with Crippen molar-refractivity contribution in [1.82, 2.24) is 14.8 Å². The molecule has 0 aliphatic heterocycles. The van der Waals surface area contributed by atoms with E-state index in [4.69, 9.17) is 4.42 Å². The van der Waals surface area contributed by atoms with Crippen molar-refractivity contribution < 1.29 is 18.8 Å². The van der Waals surface area contributed by atoms with Gasteiger partial charge in [0.25, 0.3) is 11.8 Å². The lowest BCUT2D eigenvalue weighted by Gasteiger charge is -2.31. The van der Waals surface area contributed by atoms with Crippen molar-refractivity contribution in [2.24, 2.45) is 5.92 Å². The molecule has 9 nitrogen and oxygen atoms in total. The van der Waals surface area contributed by atoms with Crippen LogP contribution in [0.4, 0.5) is 11.5 Å². The number of nitrogens with zero attached hydrogens (tertiary/aromatic N) is 3. The van der Waals surface area contributed by atoms with Crippen LogP contribution in [-0.2, 0) is 4.79 Å². The number of pyridine rings is 1. The topological polar surface area (TPSA) is 108 Å². The van der Waals surface area contributed by atoms with Crippen LogP contribution in [0.3, 0.4) is 0 Å². The van der Waals surface area contributed by atoms with Gasteiger partial charge in [-0.1, -0.05) is 6.07 Å². The Balaban J connectivity index is 1.66. The van der Waals surface area contributed by atoms with Gasteiger partial charge in [-0.05, 0) is 76.5 Å². The van der Waals surface area contributed by atoms with Crippen molar-refractivity contribution >= 4 is 40.2 Å². The third kappa shape index (κ3) is 5.41. The first-order valence-electron chi connectivity index (χ1n) is 12.1. The summed E-state index contributed by atoms with van der Waals surface area (Å²) in [6, 6.07) is 8.95. The highest BCUT2D eigenvalue weighted by molar-refractivity contribution is 6.15. The van der Waals surface area contributed by atoms with Gasteiger partial charge >= 0.3 is 0 Å². The number of hydrogen-bond donors (Lipinski definition) is 2. The van der Waals surface area contributed by atoms with Crippen LogP contribution in [-0.4, -0.2) is 66.7 Å². The van der Waals surface area contributed by atoms with Gasteiger partial charge in [0.05, 0.1) is 0 Å². The summed E-state index contributed by atoms with van der Waals surface area (Å²) in [4.78, 5) is 47.0. The van der Waals surface area contributed by atoms with Gasteiger partial charge < -0.3 is 24.9 Å². The molecule has 190 valence electrons. The Morgan fingerprint density at radius 3 is 2.31 bits per heavy atom. The molecule has 2 aromatic heterocycles. The van der Waals surface area contributed by atoms with Crippen LogP contribution in [0.5, 0.6) is 0 Å². The predicted molar refractivity (Wildman–Crippen MR) is 139 cm³/mol. The number of carbonyl (C=O) groups is 3. The zero-order valence-corrected chi connectivity index (χ0v) is 21.4. The smallest absolute Gasteiger partial charge is 0.294 e. The van der Waals surface area contributed by atoms with E-state index in [0.29, 0.717) is 28.4 Å². The number of aromatic nitrogens is 1. The van der Waals surface area contributed by atoms with Gasteiger partial charge in [-0.15, -0.1) is 0 Å². The second kappa shape index (κ2) is 10.5. The van der Waals surface area contributed by atoms with Crippen molar-refractivity contribution in [3.63, 3.8) is 0 Å². The van der Waals surface area contributed by atoms with E-state index in [2.05, 4.69) is 34.6 Å². The molecule has 2 heterocycles. The minimum Gasteiger partial charge on any atom is -0.449 e. The Morgan fingerprint density at radius 1 is 0.972 bits per heavy atom. The number of nitrogens with one attached hydrogen (secondary N) is 2. The number of furan rings is 1. The average molecular weight is 492 g/mol. The first-order valence-corrected chi connectivity index (χ1v) is 12.1. The van der Waals surface area contributed by atoms with E-state index in [-0.39, 0.29) is 29.2 Å². The van der Waals surface area contributed by atoms with Crippen molar-refractivity contribution in [3.05, 3.63) is 53.4 Å². The average Bonchev–Trinajstić information content (AvgIpc) is 3.22. The lowest BCUT2D eigenvalue weighted by atomic mass is 9.85. The first kappa shape index (κ1) is 25.4. The molecule has 0 radical (unpaired) electrons. The Morgan fingerprint density at radius 2 is 1.69 bits per heavy atom. The molecule has 1 saturated carbocycles. The maximum Gasteiger partial charge on any atom is 0.294 e. The maximum atomic E-state index is 13.3. The predicted octanol–water partition coefficient (Wildman–Crippen LogP) is 4.15. The summed E-state index contributed by atoms with van der Waals surface area (Å²) >= 11 is 0. The second-order valence-corrected chi connectivity index (χ2v) is 9.85. The van der Waals surface area contributed by atoms with Crippen LogP contribution in [0, 0.1) is 12.8 Å². The minimum absolute atomic E-state index is 0.0304. The first-order chi connectivity index (χ1) is 17.1. The summed E-state index contributed by atoms with van der Waals surface area (Å²) in [5.74, 6) is -0.693. The molecule has 2 N–H and O–H groups in total.